The Balaban J connectivity index is 1.54. The van der Waals surface area contributed by atoms with Crippen LogP contribution in [0, 0.1) is 41.5 Å². The molecule has 262 valence electrons. The summed E-state index contributed by atoms with van der Waals surface area (Å²) in [4.78, 5) is 15.7. The van der Waals surface area contributed by atoms with E-state index in [1.54, 1.807) is 0 Å². The molecular formula is C50H44N4+2. The highest BCUT2D eigenvalue weighted by Crippen LogP contribution is 2.41. The fourth-order valence-corrected chi connectivity index (χ4v) is 8.83. The predicted molar refractivity (Wildman–Crippen MR) is 230 cm³/mol. The summed E-state index contributed by atoms with van der Waals surface area (Å²) < 4.78 is 0. The summed E-state index contributed by atoms with van der Waals surface area (Å²) in [7, 11) is 0. The molecule has 0 radical (unpaired) electrons. The van der Waals surface area contributed by atoms with E-state index in [1.807, 2.05) is 0 Å². The molecule has 9 rings (SSSR count). The lowest BCUT2D eigenvalue weighted by atomic mass is 9.93. The van der Waals surface area contributed by atoms with Crippen LogP contribution in [0.5, 0.6) is 0 Å². The fraction of sp³-hybridized carbons (Fsp3) is 0.120. The number of hydrogen-bond donors (Lipinski definition) is 4. The van der Waals surface area contributed by atoms with Crippen molar-refractivity contribution in [2.45, 2.75) is 41.5 Å². The molecule has 5 heterocycles. The molecule has 0 aliphatic rings. The summed E-state index contributed by atoms with van der Waals surface area (Å²) in [6.45, 7) is 13.3. The van der Waals surface area contributed by atoms with Crippen LogP contribution in [0.1, 0.15) is 33.4 Å². The third-order valence-corrected chi connectivity index (χ3v) is 10.9. The SMILES string of the molecule is Cc1cc(C)c(-[c+]2c3ccc([nH]3)c(-c3ccccc3)c(-c3ccccc3)c3ccc([nH]3)[c+](-c3c(C)cc(C)cc3C)c3ccc([nH]3)c3ccc2[nH]3)c(C)c1. The molecule has 0 unspecified atom stereocenters. The van der Waals surface area contributed by atoms with E-state index in [4.69, 9.17) is 0 Å². The molecule has 9 aromatic rings. The highest BCUT2D eigenvalue weighted by Gasteiger charge is 2.23. The molecule has 4 N–H and O–H groups in total. The number of nitrogens with one attached hydrogen (secondary N) is 4. The first kappa shape index (κ1) is 33.3. The number of fused-ring (bicyclic) bond motifs is 9. The van der Waals surface area contributed by atoms with Crippen LogP contribution in [-0.4, -0.2) is 19.9 Å². The summed E-state index contributed by atoms with van der Waals surface area (Å²) in [5.74, 6) is 0. The zero-order valence-corrected chi connectivity index (χ0v) is 31.7. The van der Waals surface area contributed by atoms with E-state index in [1.165, 1.54) is 44.5 Å². The Labute approximate surface area is 315 Å². The van der Waals surface area contributed by atoms with E-state index in [-0.39, 0.29) is 0 Å². The zero-order chi connectivity index (χ0) is 37.1. The van der Waals surface area contributed by atoms with Crippen LogP contribution in [0.25, 0.3) is 88.6 Å². The molecule has 0 fully saturated rings. The molecular weight excluding hydrogens is 657 g/mol. The van der Waals surface area contributed by atoms with Crippen molar-refractivity contribution in [1.29, 1.82) is 0 Å². The molecule has 0 aliphatic heterocycles. The first-order valence-corrected chi connectivity index (χ1v) is 18.8. The molecule has 0 atom stereocenters. The largest absolute Gasteiger partial charge is 0.341 e. The number of hydrogen-bond acceptors (Lipinski definition) is 0. The second-order valence-electron chi connectivity index (χ2n) is 14.9. The number of benzene rings is 4. The van der Waals surface area contributed by atoms with Crippen LogP contribution in [0.15, 0.2) is 133 Å². The van der Waals surface area contributed by atoms with Crippen molar-refractivity contribution in [3.8, 4) is 44.5 Å². The summed E-state index contributed by atoms with van der Waals surface area (Å²) in [5.41, 5.74) is 25.2. The third kappa shape index (κ3) is 5.71. The van der Waals surface area contributed by atoms with Crippen LogP contribution in [-0.2, 0) is 0 Å². The predicted octanol–water partition coefficient (Wildman–Crippen LogP) is 13.8. The standard InChI is InChI=1S/C50H44N4/c1-29-25-31(3)45(32(4)26-29)49-41-19-17-37(51-41)38-18-20-42(52-38)50(46-33(5)27-30(2)28-34(46)6)44-24-22-40(54-44)48(36-15-11-8-12-16-36)47(35-13-9-7-10-14-35)39-21-23-43(49)53-39/h7-28,51-54H,1-6H3/q+2. The third-order valence-electron chi connectivity index (χ3n) is 10.9. The van der Waals surface area contributed by atoms with Gasteiger partial charge in [0.25, 0.3) is 0 Å². The number of H-pyrrole nitrogens is 4. The second kappa shape index (κ2) is 13.2. The number of aryl methyl sites for hydroxylation is 6. The molecule has 0 amide bonds. The maximum Gasteiger partial charge on any atom is 0.117 e. The maximum atomic E-state index is 3.97. The minimum atomic E-state index is 1.04. The van der Waals surface area contributed by atoms with Gasteiger partial charge in [-0.3, -0.25) is 0 Å². The van der Waals surface area contributed by atoms with E-state index in [0.29, 0.717) is 0 Å². The smallest absolute Gasteiger partial charge is 0.117 e. The van der Waals surface area contributed by atoms with Gasteiger partial charge >= 0.3 is 0 Å². The molecule has 54 heavy (non-hydrogen) atoms. The minimum absolute atomic E-state index is 1.04. The first-order chi connectivity index (χ1) is 26.2. The van der Waals surface area contributed by atoms with Gasteiger partial charge in [0, 0.05) is 57.6 Å². The molecule has 0 saturated heterocycles. The molecule has 5 aromatic heterocycles. The van der Waals surface area contributed by atoms with Crippen molar-refractivity contribution in [3.05, 3.63) is 167 Å². The molecule has 4 aromatic carbocycles. The van der Waals surface area contributed by atoms with Crippen molar-refractivity contribution >= 4 is 44.1 Å². The van der Waals surface area contributed by atoms with Gasteiger partial charge in [0.2, 0.25) is 0 Å². The van der Waals surface area contributed by atoms with Gasteiger partial charge in [-0.15, -0.1) is 0 Å². The summed E-state index contributed by atoms with van der Waals surface area (Å²) in [5, 5.41) is 0. The average molecular weight is 701 g/mol. The quantitative estimate of drug-likeness (QED) is 0.132. The van der Waals surface area contributed by atoms with Crippen LogP contribution < -0.4 is 0 Å². The normalized spacial score (nSPS) is 11.5. The Morgan fingerprint density at radius 2 is 0.630 bits per heavy atom. The summed E-state index contributed by atoms with van der Waals surface area (Å²) >= 11 is 0. The van der Waals surface area contributed by atoms with Crippen LogP contribution >= 0.6 is 0 Å². The van der Waals surface area contributed by atoms with Crippen molar-refractivity contribution in [1.82, 2.24) is 19.9 Å². The topological polar surface area (TPSA) is 63.2 Å². The lowest BCUT2D eigenvalue weighted by molar-refractivity contribution is 1.32. The summed E-state index contributed by atoms with van der Waals surface area (Å²) in [6.07, 6.45) is 0. The molecule has 8 bridgehead atoms. The molecule has 0 spiro atoms. The monoisotopic (exact) mass is 700 g/mol. The average Bonchev–Trinajstić information content (AvgIpc) is 3.99. The number of aromatic nitrogens is 4. The highest BCUT2D eigenvalue weighted by atomic mass is 14.8. The van der Waals surface area contributed by atoms with Gasteiger partial charge < -0.3 is 19.9 Å². The van der Waals surface area contributed by atoms with Crippen molar-refractivity contribution in [3.63, 3.8) is 0 Å². The lowest BCUT2D eigenvalue weighted by Crippen LogP contribution is -1.92. The number of aromatic amines is 4. The van der Waals surface area contributed by atoms with Gasteiger partial charge in [0.15, 0.2) is 0 Å². The van der Waals surface area contributed by atoms with Gasteiger partial charge in [-0.2, -0.15) is 0 Å². The van der Waals surface area contributed by atoms with Crippen LogP contribution in [0.2, 0.25) is 0 Å². The fourth-order valence-electron chi connectivity index (χ4n) is 8.83. The van der Waals surface area contributed by atoms with E-state index >= 15 is 0 Å². The maximum absolute atomic E-state index is 3.97. The lowest BCUT2D eigenvalue weighted by Gasteiger charge is -2.11. The Kier molecular flexibility index (Phi) is 8.12. The second-order valence-corrected chi connectivity index (χ2v) is 14.9. The minimum Gasteiger partial charge on any atom is -0.341 e. The molecule has 4 nitrogen and oxygen atoms in total. The molecule has 0 saturated carbocycles. The Hall–Kier alpha value is -6.52. The van der Waals surface area contributed by atoms with Gasteiger partial charge in [-0.05, 0) is 112 Å². The van der Waals surface area contributed by atoms with E-state index in [9.17, 15) is 0 Å². The van der Waals surface area contributed by atoms with E-state index in [2.05, 4.69) is 195 Å². The van der Waals surface area contributed by atoms with E-state index < -0.39 is 0 Å². The van der Waals surface area contributed by atoms with E-state index in [0.717, 1.165) is 77.5 Å². The highest BCUT2D eigenvalue weighted by molar-refractivity contribution is 6.04. The first-order valence-electron chi connectivity index (χ1n) is 18.8. The van der Waals surface area contributed by atoms with Crippen molar-refractivity contribution in [2.75, 3.05) is 0 Å². The van der Waals surface area contributed by atoms with Crippen molar-refractivity contribution < 1.29 is 0 Å². The zero-order valence-electron chi connectivity index (χ0n) is 31.7. The number of rotatable bonds is 4. The molecule has 4 heteroatoms. The van der Waals surface area contributed by atoms with Gasteiger partial charge in [-0.1, -0.05) is 60.7 Å². The van der Waals surface area contributed by atoms with Crippen LogP contribution in [0.4, 0.5) is 0 Å². The summed E-state index contributed by atoms with van der Waals surface area (Å²) in [6, 6.07) is 48.5. The van der Waals surface area contributed by atoms with Crippen LogP contribution in [0.3, 0.4) is 0 Å². The Bertz CT molecular complexity index is 2730. The Morgan fingerprint density at radius 3 is 0.963 bits per heavy atom. The molecule has 0 aliphatic carbocycles. The van der Waals surface area contributed by atoms with Gasteiger partial charge in [-0.25, -0.2) is 0 Å². The van der Waals surface area contributed by atoms with Crippen molar-refractivity contribution in [2.24, 2.45) is 0 Å². The van der Waals surface area contributed by atoms with Gasteiger partial charge in [0.1, 0.15) is 33.2 Å². The Morgan fingerprint density at radius 1 is 0.333 bits per heavy atom. The van der Waals surface area contributed by atoms with Gasteiger partial charge in [0.05, 0.1) is 33.2 Å².